The van der Waals surface area contributed by atoms with Crippen molar-refractivity contribution in [1.29, 1.82) is 0 Å². The largest absolute Gasteiger partial charge is 0.463 e. The van der Waals surface area contributed by atoms with Crippen LogP contribution in [0.5, 0.6) is 0 Å². The first-order chi connectivity index (χ1) is 11.3. The van der Waals surface area contributed by atoms with Gasteiger partial charge in [0.05, 0.1) is 21.8 Å². The molecule has 116 valence electrons. The number of benzene rings is 2. The Labute approximate surface area is 151 Å². The maximum Gasteiger partial charge on any atom is 0.201 e. The molecule has 0 atom stereocenters. The van der Waals surface area contributed by atoms with Gasteiger partial charge in [0.15, 0.2) is 0 Å². The average molecular weight is 434 g/mol. The molecule has 0 bridgehead atoms. The van der Waals surface area contributed by atoms with Crippen LogP contribution in [0, 0.1) is 0 Å². The zero-order chi connectivity index (χ0) is 16.2. The summed E-state index contributed by atoms with van der Waals surface area (Å²) in [5.41, 5.74) is 2.97. The van der Waals surface area contributed by atoms with Gasteiger partial charge in [-0.3, -0.25) is 4.79 Å². The number of alkyl halides is 2. The molecule has 3 rings (SSSR count). The highest BCUT2D eigenvalue weighted by molar-refractivity contribution is 9.08. The molecular formula is C19H14Br2O2. The van der Waals surface area contributed by atoms with Gasteiger partial charge in [0, 0.05) is 0 Å². The monoisotopic (exact) mass is 432 g/mol. The highest BCUT2D eigenvalue weighted by Gasteiger charge is 2.20. The van der Waals surface area contributed by atoms with E-state index in [4.69, 9.17) is 4.42 Å². The second-order valence-corrected chi connectivity index (χ2v) is 6.15. The third-order valence-corrected chi connectivity index (χ3v) is 4.64. The molecule has 2 nitrogen and oxygen atoms in total. The first-order valence-electron chi connectivity index (χ1n) is 7.18. The summed E-state index contributed by atoms with van der Waals surface area (Å²) >= 11 is 6.87. The molecule has 0 unspecified atom stereocenters. The van der Waals surface area contributed by atoms with Crippen molar-refractivity contribution in [3.63, 3.8) is 0 Å². The van der Waals surface area contributed by atoms with Crippen molar-refractivity contribution in [2.45, 2.75) is 10.7 Å². The molecule has 1 aromatic heterocycles. The van der Waals surface area contributed by atoms with Crippen LogP contribution in [0.1, 0.15) is 11.5 Å². The summed E-state index contributed by atoms with van der Waals surface area (Å²) in [7, 11) is 0. The van der Waals surface area contributed by atoms with E-state index in [1.807, 2.05) is 60.7 Å². The average Bonchev–Trinajstić information content (AvgIpc) is 2.62. The van der Waals surface area contributed by atoms with E-state index in [1.54, 1.807) is 0 Å². The molecule has 0 radical (unpaired) electrons. The van der Waals surface area contributed by atoms with E-state index in [9.17, 15) is 4.79 Å². The molecule has 0 saturated carbocycles. The Bertz CT molecular complexity index is 787. The van der Waals surface area contributed by atoms with Gasteiger partial charge in [-0.25, -0.2) is 0 Å². The standard InChI is InChI=1S/C19H14Br2O2/c20-11-15-17(13-7-3-1-4-8-13)19(22)18(16(12-21)23-15)14-9-5-2-6-10-14/h1-10H,11-12H2. The van der Waals surface area contributed by atoms with Crippen molar-refractivity contribution in [1.82, 2.24) is 0 Å². The van der Waals surface area contributed by atoms with Crippen LogP contribution in [-0.4, -0.2) is 0 Å². The zero-order valence-corrected chi connectivity index (χ0v) is 15.4. The lowest BCUT2D eigenvalue weighted by molar-refractivity contribution is 0.484. The first kappa shape index (κ1) is 16.2. The van der Waals surface area contributed by atoms with Gasteiger partial charge in [-0.15, -0.1) is 0 Å². The molecule has 0 aliphatic carbocycles. The Hall–Kier alpha value is -1.65. The van der Waals surface area contributed by atoms with Gasteiger partial charge < -0.3 is 4.42 Å². The SMILES string of the molecule is O=c1c(-c2ccccc2)c(CBr)oc(CBr)c1-c1ccccc1. The van der Waals surface area contributed by atoms with E-state index in [0.717, 1.165) is 11.1 Å². The number of hydrogen-bond acceptors (Lipinski definition) is 2. The van der Waals surface area contributed by atoms with Crippen molar-refractivity contribution >= 4 is 31.9 Å². The lowest BCUT2D eigenvalue weighted by Crippen LogP contribution is -2.13. The molecule has 23 heavy (non-hydrogen) atoms. The molecule has 4 heteroatoms. The van der Waals surface area contributed by atoms with E-state index in [1.165, 1.54) is 0 Å². The number of halogens is 2. The molecule has 3 aromatic rings. The van der Waals surface area contributed by atoms with Crippen LogP contribution in [-0.2, 0) is 10.7 Å². The number of hydrogen-bond donors (Lipinski definition) is 0. The van der Waals surface area contributed by atoms with E-state index in [0.29, 0.717) is 33.3 Å². The van der Waals surface area contributed by atoms with Crippen LogP contribution in [0.15, 0.2) is 69.9 Å². The van der Waals surface area contributed by atoms with Crippen LogP contribution in [0.3, 0.4) is 0 Å². The quantitative estimate of drug-likeness (QED) is 0.489. The van der Waals surface area contributed by atoms with Gasteiger partial charge in [0.1, 0.15) is 11.5 Å². The van der Waals surface area contributed by atoms with Gasteiger partial charge in [-0.05, 0) is 11.1 Å². The molecule has 2 aromatic carbocycles. The Morgan fingerprint density at radius 1 is 0.696 bits per heavy atom. The van der Waals surface area contributed by atoms with E-state index < -0.39 is 0 Å². The van der Waals surface area contributed by atoms with Crippen LogP contribution < -0.4 is 5.43 Å². The van der Waals surface area contributed by atoms with Crippen molar-refractivity contribution in [3.05, 3.63) is 82.4 Å². The zero-order valence-electron chi connectivity index (χ0n) is 12.3. The molecular weight excluding hydrogens is 420 g/mol. The summed E-state index contributed by atoms with van der Waals surface area (Å²) in [6.45, 7) is 0. The third kappa shape index (κ3) is 3.19. The van der Waals surface area contributed by atoms with Crippen molar-refractivity contribution in [2.24, 2.45) is 0 Å². The fourth-order valence-electron chi connectivity index (χ4n) is 2.61. The van der Waals surface area contributed by atoms with Crippen LogP contribution in [0.2, 0.25) is 0 Å². The van der Waals surface area contributed by atoms with Gasteiger partial charge in [0.2, 0.25) is 5.43 Å². The lowest BCUT2D eigenvalue weighted by Gasteiger charge is -2.13. The predicted octanol–water partition coefficient (Wildman–Crippen LogP) is 5.76. The minimum absolute atomic E-state index is 0.00227. The van der Waals surface area contributed by atoms with Crippen LogP contribution in [0.25, 0.3) is 22.3 Å². The lowest BCUT2D eigenvalue weighted by atomic mass is 9.98. The maximum atomic E-state index is 13.2. The molecule has 1 heterocycles. The summed E-state index contributed by atoms with van der Waals surface area (Å²) in [5.74, 6) is 1.30. The first-order valence-corrected chi connectivity index (χ1v) is 9.42. The molecule has 0 aliphatic heterocycles. The molecule has 0 N–H and O–H groups in total. The fourth-order valence-corrected chi connectivity index (χ4v) is 3.40. The smallest absolute Gasteiger partial charge is 0.201 e. The highest BCUT2D eigenvalue weighted by Crippen LogP contribution is 2.30. The second-order valence-electron chi connectivity index (χ2n) is 5.03. The van der Waals surface area contributed by atoms with Crippen LogP contribution in [0.4, 0.5) is 0 Å². The summed E-state index contributed by atoms with van der Waals surface area (Å²) in [6.07, 6.45) is 0. The predicted molar refractivity (Wildman–Crippen MR) is 101 cm³/mol. The molecule has 0 aliphatic rings. The minimum atomic E-state index is -0.00227. The van der Waals surface area contributed by atoms with E-state index in [2.05, 4.69) is 31.9 Å². The van der Waals surface area contributed by atoms with Crippen LogP contribution >= 0.6 is 31.9 Å². The Kier molecular flexibility index (Phi) is 5.13. The van der Waals surface area contributed by atoms with E-state index >= 15 is 0 Å². The topological polar surface area (TPSA) is 30.2 Å². The Balaban J connectivity index is 2.35. The molecule has 0 saturated heterocycles. The minimum Gasteiger partial charge on any atom is -0.463 e. The van der Waals surface area contributed by atoms with Crippen molar-refractivity contribution in [2.75, 3.05) is 0 Å². The van der Waals surface area contributed by atoms with Gasteiger partial charge in [-0.1, -0.05) is 92.5 Å². The second kappa shape index (κ2) is 7.28. The third-order valence-electron chi connectivity index (χ3n) is 3.63. The summed E-state index contributed by atoms with van der Waals surface area (Å²) in [5, 5.41) is 0.975. The summed E-state index contributed by atoms with van der Waals surface area (Å²) in [6, 6.07) is 19.3. The maximum absolute atomic E-state index is 13.2. The molecule has 0 spiro atoms. The number of rotatable bonds is 4. The summed E-state index contributed by atoms with van der Waals surface area (Å²) in [4.78, 5) is 13.2. The normalized spacial score (nSPS) is 10.7. The highest BCUT2D eigenvalue weighted by atomic mass is 79.9. The Morgan fingerprint density at radius 3 is 1.43 bits per heavy atom. The van der Waals surface area contributed by atoms with Gasteiger partial charge in [-0.2, -0.15) is 0 Å². The van der Waals surface area contributed by atoms with E-state index in [-0.39, 0.29) is 5.43 Å². The molecule has 0 amide bonds. The fraction of sp³-hybridized carbons (Fsp3) is 0.105. The Morgan fingerprint density at radius 2 is 1.09 bits per heavy atom. The van der Waals surface area contributed by atoms with Crippen molar-refractivity contribution in [3.8, 4) is 22.3 Å². The summed E-state index contributed by atoms with van der Waals surface area (Å²) < 4.78 is 6.03. The molecule has 0 fully saturated rings. The van der Waals surface area contributed by atoms with Gasteiger partial charge >= 0.3 is 0 Å². The van der Waals surface area contributed by atoms with Crippen molar-refractivity contribution < 1.29 is 4.42 Å². The van der Waals surface area contributed by atoms with Gasteiger partial charge in [0.25, 0.3) is 0 Å².